The standard InChI is InChI=1S/C21H29N5S/c1-27-26-9-5-17(6-10-26)24-20-23-13-15-3-2-4-18(19(15)25-20)16-11-21(12-16)7-8-22-14-21/h2-4,13,16-17,22H,5-12,14H2,1H3,(H,23,24,25). The zero-order valence-corrected chi connectivity index (χ0v) is 16.9. The van der Waals surface area contributed by atoms with Crippen molar-refractivity contribution in [1.29, 1.82) is 0 Å². The molecule has 0 atom stereocenters. The Morgan fingerprint density at radius 3 is 2.85 bits per heavy atom. The molecule has 144 valence electrons. The molecule has 2 aliphatic heterocycles. The van der Waals surface area contributed by atoms with Crippen molar-refractivity contribution in [2.75, 3.05) is 37.8 Å². The lowest BCUT2D eigenvalue weighted by atomic mass is 9.59. The molecule has 3 heterocycles. The van der Waals surface area contributed by atoms with E-state index >= 15 is 0 Å². The number of hydrogen-bond acceptors (Lipinski definition) is 6. The van der Waals surface area contributed by atoms with Gasteiger partial charge in [0.05, 0.1) is 5.52 Å². The summed E-state index contributed by atoms with van der Waals surface area (Å²) in [6.45, 7) is 4.66. The molecule has 1 saturated carbocycles. The Balaban J connectivity index is 1.34. The quantitative estimate of drug-likeness (QED) is 0.786. The third-order valence-electron chi connectivity index (χ3n) is 6.82. The van der Waals surface area contributed by atoms with Crippen molar-refractivity contribution in [3.05, 3.63) is 30.0 Å². The Bertz CT molecular complexity index is 803. The van der Waals surface area contributed by atoms with Crippen LogP contribution in [0.4, 0.5) is 5.95 Å². The molecule has 1 aliphatic carbocycles. The van der Waals surface area contributed by atoms with Crippen LogP contribution < -0.4 is 10.6 Å². The van der Waals surface area contributed by atoms with Crippen molar-refractivity contribution < 1.29 is 0 Å². The Kier molecular flexibility index (Phi) is 4.74. The Hall–Kier alpha value is -1.37. The number of nitrogens with zero attached hydrogens (tertiary/aromatic N) is 3. The normalized spacial score (nSPS) is 29.3. The minimum atomic E-state index is 0.481. The van der Waals surface area contributed by atoms with E-state index in [-0.39, 0.29) is 0 Å². The SMILES string of the molecule is CSN1CCC(Nc2ncc3cccc(C4CC5(CCNC5)C4)c3n2)CC1. The van der Waals surface area contributed by atoms with Crippen molar-refractivity contribution in [1.82, 2.24) is 19.6 Å². The number of aromatic nitrogens is 2. The van der Waals surface area contributed by atoms with E-state index in [1.807, 2.05) is 18.1 Å². The maximum Gasteiger partial charge on any atom is 0.223 e. The summed E-state index contributed by atoms with van der Waals surface area (Å²) in [6.07, 6.45) is 10.4. The van der Waals surface area contributed by atoms with E-state index in [1.165, 1.54) is 43.3 Å². The van der Waals surface area contributed by atoms with Crippen molar-refractivity contribution in [2.45, 2.75) is 44.1 Å². The summed E-state index contributed by atoms with van der Waals surface area (Å²) in [6, 6.07) is 7.08. The number of anilines is 1. The average molecular weight is 384 g/mol. The van der Waals surface area contributed by atoms with Crippen molar-refractivity contribution in [2.24, 2.45) is 5.41 Å². The largest absolute Gasteiger partial charge is 0.351 e. The van der Waals surface area contributed by atoms with Gasteiger partial charge in [-0.3, -0.25) is 4.31 Å². The number of para-hydroxylation sites is 1. The lowest BCUT2D eigenvalue weighted by molar-refractivity contribution is 0.128. The third kappa shape index (κ3) is 3.43. The molecule has 2 saturated heterocycles. The van der Waals surface area contributed by atoms with E-state index in [0.29, 0.717) is 17.4 Å². The van der Waals surface area contributed by atoms with Gasteiger partial charge in [0, 0.05) is 37.3 Å². The van der Waals surface area contributed by atoms with E-state index < -0.39 is 0 Å². The van der Waals surface area contributed by atoms with Crippen molar-refractivity contribution in [3.63, 3.8) is 0 Å². The van der Waals surface area contributed by atoms with E-state index in [1.54, 1.807) is 0 Å². The molecule has 3 aliphatic rings. The van der Waals surface area contributed by atoms with Crippen molar-refractivity contribution >= 4 is 28.8 Å². The van der Waals surface area contributed by atoms with Gasteiger partial charge in [-0.05, 0) is 61.8 Å². The van der Waals surface area contributed by atoms with Gasteiger partial charge in [0.1, 0.15) is 0 Å². The molecular formula is C21H29N5S. The van der Waals surface area contributed by atoms with Crippen LogP contribution >= 0.6 is 11.9 Å². The molecule has 27 heavy (non-hydrogen) atoms. The van der Waals surface area contributed by atoms with Gasteiger partial charge >= 0.3 is 0 Å². The van der Waals surface area contributed by atoms with Gasteiger partial charge < -0.3 is 10.6 Å². The fourth-order valence-electron chi connectivity index (χ4n) is 5.19. The first-order valence-electron chi connectivity index (χ1n) is 10.3. The maximum atomic E-state index is 4.97. The molecule has 3 fully saturated rings. The lowest BCUT2D eigenvalue weighted by Crippen LogP contribution is -2.37. The highest BCUT2D eigenvalue weighted by molar-refractivity contribution is 7.96. The summed E-state index contributed by atoms with van der Waals surface area (Å²) >= 11 is 1.85. The highest BCUT2D eigenvalue weighted by Crippen LogP contribution is 2.55. The second kappa shape index (κ2) is 7.22. The Labute approximate surface area is 165 Å². The summed E-state index contributed by atoms with van der Waals surface area (Å²) in [5.74, 6) is 1.45. The summed E-state index contributed by atoms with van der Waals surface area (Å²) < 4.78 is 2.43. The summed E-state index contributed by atoms with van der Waals surface area (Å²) in [4.78, 5) is 9.57. The fraction of sp³-hybridized carbons (Fsp3) is 0.619. The van der Waals surface area contributed by atoms with Crippen LogP contribution in [-0.2, 0) is 0 Å². The van der Waals surface area contributed by atoms with E-state index in [4.69, 9.17) is 4.98 Å². The number of benzene rings is 1. The number of nitrogens with one attached hydrogen (secondary N) is 2. The van der Waals surface area contributed by atoms with Crippen LogP contribution in [0, 0.1) is 5.41 Å². The second-order valence-corrected chi connectivity index (χ2v) is 9.42. The van der Waals surface area contributed by atoms with E-state index in [9.17, 15) is 0 Å². The Morgan fingerprint density at radius 2 is 2.11 bits per heavy atom. The summed E-state index contributed by atoms with van der Waals surface area (Å²) in [5, 5.41) is 8.31. The van der Waals surface area contributed by atoms with Crippen LogP contribution in [-0.4, -0.2) is 52.7 Å². The number of piperidine rings is 1. The predicted octanol–water partition coefficient (Wildman–Crippen LogP) is 3.64. The first-order chi connectivity index (χ1) is 13.2. The van der Waals surface area contributed by atoms with Crippen LogP contribution in [0.2, 0.25) is 0 Å². The van der Waals surface area contributed by atoms with Gasteiger partial charge in [-0.25, -0.2) is 9.97 Å². The van der Waals surface area contributed by atoms with Gasteiger partial charge in [0.15, 0.2) is 0 Å². The van der Waals surface area contributed by atoms with Crippen LogP contribution in [0.25, 0.3) is 10.9 Å². The predicted molar refractivity (Wildman–Crippen MR) is 113 cm³/mol. The molecule has 2 N–H and O–H groups in total. The number of hydrogen-bond donors (Lipinski definition) is 2. The van der Waals surface area contributed by atoms with Gasteiger partial charge in [0.2, 0.25) is 5.95 Å². The van der Waals surface area contributed by atoms with E-state index in [2.05, 4.69) is 44.4 Å². The average Bonchev–Trinajstić information content (AvgIpc) is 3.17. The minimum Gasteiger partial charge on any atom is -0.351 e. The number of rotatable bonds is 4. The maximum absolute atomic E-state index is 4.97. The zero-order chi connectivity index (χ0) is 18.3. The summed E-state index contributed by atoms with van der Waals surface area (Å²) in [7, 11) is 0. The van der Waals surface area contributed by atoms with Gasteiger partial charge in [0.25, 0.3) is 0 Å². The number of fused-ring (bicyclic) bond motifs is 1. The molecule has 0 bridgehead atoms. The Morgan fingerprint density at radius 1 is 1.26 bits per heavy atom. The highest BCUT2D eigenvalue weighted by atomic mass is 32.2. The van der Waals surface area contributed by atoms with Gasteiger partial charge in [-0.1, -0.05) is 30.1 Å². The fourth-order valence-corrected chi connectivity index (χ4v) is 5.77. The van der Waals surface area contributed by atoms with Crippen LogP contribution in [0.1, 0.15) is 43.6 Å². The smallest absolute Gasteiger partial charge is 0.223 e. The first kappa shape index (κ1) is 17.7. The lowest BCUT2D eigenvalue weighted by Gasteiger charge is -2.45. The molecule has 6 heteroatoms. The monoisotopic (exact) mass is 383 g/mol. The molecule has 5 nitrogen and oxygen atoms in total. The van der Waals surface area contributed by atoms with Crippen LogP contribution in [0.5, 0.6) is 0 Å². The molecule has 2 aromatic rings. The molecule has 5 rings (SSSR count). The molecule has 1 spiro atoms. The third-order valence-corrected chi connectivity index (χ3v) is 7.70. The van der Waals surface area contributed by atoms with Gasteiger partial charge in [-0.2, -0.15) is 0 Å². The molecule has 0 unspecified atom stereocenters. The van der Waals surface area contributed by atoms with Gasteiger partial charge in [-0.15, -0.1) is 0 Å². The highest BCUT2D eigenvalue weighted by Gasteiger charge is 2.46. The molecular weight excluding hydrogens is 354 g/mol. The first-order valence-corrected chi connectivity index (χ1v) is 11.4. The minimum absolute atomic E-state index is 0.481. The van der Waals surface area contributed by atoms with Crippen LogP contribution in [0.15, 0.2) is 24.4 Å². The topological polar surface area (TPSA) is 53.1 Å². The molecule has 0 radical (unpaired) electrons. The molecule has 0 amide bonds. The molecule has 1 aromatic heterocycles. The van der Waals surface area contributed by atoms with E-state index in [0.717, 1.165) is 37.4 Å². The second-order valence-electron chi connectivity index (χ2n) is 8.54. The molecule has 1 aromatic carbocycles. The zero-order valence-electron chi connectivity index (χ0n) is 16.1. The van der Waals surface area contributed by atoms with Crippen LogP contribution in [0.3, 0.4) is 0 Å². The summed E-state index contributed by atoms with van der Waals surface area (Å²) in [5.41, 5.74) is 3.14. The van der Waals surface area contributed by atoms with Crippen molar-refractivity contribution in [3.8, 4) is 0 Å².